The van der Waals surface area contributed by atoms with Crippen molar-refractivity contribution in [2.75, 3.05) is 4.90 Å². The van der Waals surface area contributed by atoms with Gasteiger partial charge in [0.05, 0.1) is 22.2 Å². The van der Waals surface area contributed by atoms with Gasteiger partial charge in [0.1, 0.15) is 0 Å². The summed E-state index contributed by atoms with van der Waals surface area (Å²) < 4.78 is 5.09. The molecule has 9 aromatic carbocycles. The van der Waals surface area contributed by atoms with Gasteiger partial charge in [0.2, 0.25) is 0 Å². The molecule has 3 heterocycles. The topological polar surface area (TPSA) is 7.65 Å². The predicted octanol–water partition coefficient (Wildman–Crippen LogP) is 15.2. The fourth-order valence-corrected chi connectivity index (χ4v) is 10.2. The predicted molar refractivity (Wildman–Crippen MR) is 237 cm³/mol. The lowest BCUT2D eigenvalue weighted by Gasteiger charge is -2.28. The Morgan fingerprint density at radius 1 is 0.382 bits per heavy atom. The molecule has 0 atom stereocenters. The summed E-state index contributed by atoms with van der Waals surface area (Å²) >= 11 is 1.86. The van der Waals surface area contributed by atoms with E-state index in [4.69, 9.17) is 0 Å². The Morgan fingerprint density at radius 3 is 1.89 bits per heavy atom. The Kier molecular flexibility index (Phi) is 6.54. The third-order valence-corrected chi connectivity index (χ3v) is 12.6. The van der Waals surface area contributed by atoms with Gasteiger partial charge in [0, 0.05) is 58.7 Å². The van der Waals surface area contributed by atoms with Crippen LogP contribution in [0.15, 0.2) is 194 Å². The van der Waals surface area contributed by atoms with Crippen molar-refractivity contribution in [3.8, 4) is 22.3 Å². The number of nitrogens with zero attached hydrogens (tertiary/aromatic N) is 2. The minimum absolute atomic E-state index is 1.12. The van der Waals surface area contributed by atoms with E-state index in [9.17, 15) is 0 Å². The molecule has 0 aliphatic rings. The Morgan fingerprint density at radius 2 is 1.02 bits per heavy atom. The van der Waals surface area contributed by atoms with Crippen molar-refractivity contribution in [3.05, 3.63) is 194 Å². The Bertz CT molecular complexity index is 3420. The van der Waals surface area contributed by atoms with Crippen LogP contribution in [-0.2, 0) is 0 Å². The number of anilines is 3. The van der Waals surface area contributed by atoms with Crippen LogP contribution >= 0.6 is 11.3 Å². The van der Waals surface area contributed by atoms with E-state index in [-0.39, 0.29) is 0 Å². The van der Waals surface area contributed by atoms with Gasteiger partial charge >= 0.3 is 0 Å². The summed E-state index contributed by atoms with van der Waals surface area (Å²) in [5.41, 5.74) is 12.0. The van der Waals surface area contributed by atoms with Crippen molar-refractivity contribution in [2.24, 2.45) is 0 Å². The molecule has 0 amide bonds. The van der Waals surface area contributed by atoms with Crippen LogP contribution in [0.5, 0.6) is 0 Å². The number of hydrogen-bond donors (Lipinski definition) is 0. The fraction of sp³-hybridized carbons (Fsp3) is 0. The van der Waals surface area contributed by atoms with Gasteiger partial charge in [-0.3, -0.25) is 0 Å². The van der Waals surface area contributed by atoms with Gasteiger partial charge in [-0.05, 0) is 88.1 Å². The quantitative estimate of drug-likeness (QED) is 0.127. The highest BCUT2D eigenvalue weighted by atomic mass is 32.1. The third-order valence-electron chi connectivity index (χ3n) is 11.5. The van der Waals surface area contributed by atoms with Crippen molar-refractivity contribution in [1.29, 1.82) is 0 Å². The molecule has 12 aromatic rings. The van der Waals surface area contributed by atoms with Crippen LogP contribution in [0.25, 0.3) is 91.3 Å². The van der Waals surface area contributed by atoms with Gasteiger partial charge in [-0.25, -0.2) is 0 Å². The number of aromatic nitrogens is 1. The molecule has 0 saturated carbocycles. The second-order valence-corrected chi connectivity index (χ2v) is 15.6. The number of rotatable bonds is 5. The van der Waals surface area contributed by atoms with E-state index in [0.717, 1.165) is 17.1 Å². The molecule has 0 bridgehead atoms. The molecular formula is C52H32N2S. The van der Waals surface area contributed by atoms with E-state index in [1.165, 1.54) is 91.3 Å². The molecule has 0 N–H and O–H groups in total. The van der Waals surface area contributed by atoms with E-state index >= 15 is 0 Å². The second kappa shape index (κ2) is 11.8. The lowest BCUT2D eigenvalue weighted by atomic mass is 9.94. The maximum Gasteiger partial charge on any atom is 0.0620 e. The Balaban J connectivity index is 1.13. The largest absolute Gasteiger partial charge is 0.310 e. The number of fused-ring (bicyclic) bond motifs is 8. The molecule has 256 valence electrons. The molecular weight excluding hydrogens is 685 g/mol. The van der Waals surface area contributed by atoms with Crippen LogP contribution in [0.1, 0.15) is 0 Å². The van der Waals surface area contributed by atoms with Crippen LogP contribution in [-0.4, -0.2) is 4.40 Å². The van der Waals surface area contributed by atoms with Crippen molar-refractivity contribution < 1.29 is 0 Å². The maximum atomic E-state index is 2.49. The standard InChI is InChI=1S/C52H32N2S/c1-2-12-33(13-3-1)34-24-26-37(27-25-34)53(38-28-29-42-41-18-6-9-23-49(41)55-50(42)32-38)46-20-7-4-16-39(46)36-30-44-40-17-5-8-21-47(40)54-48-22-11-15-35-14-10-19-43(51(35)48)45(31-36)52(44)54/h1-32H. The lowest BCUT2D eigenvalue weighted by molar-refractivity contribution is 1.29. The summed E-state index contributed by atoms with van der Waals surface area (Å²) in [6.07, 6.45) is 0. The molecule has 3 heteroatoms. The van der Waals surface area contributed by atoms with Gasteiger partial charge < -0.3 is 9.30 Å². The lowest BCUT2D eigenvalue weighted by Crippen LogP contribution is -2.11. The van der Waals surface area contributed by atoms with Crippen LogP contribution in [0.3, 0.4) is 0 Å². The Hall–Kier alpha value is -6.94. The minimum Gasteiger partial charge on any atom is -0.310 e. The Labute approximate surface area is 321 Å². The number of hydrogen-bond acceptors (Lipinski definition) is 2. The molecule has 0 spiro atoms. The van der Waals surface area contributed by atoms with E-state index in [1.807, 2.05) is 11.3 Å². The van der Waals surface area contributed by atoms with Crippen LogP contribution in [0.4, 0.5) is 17.1 Å². The number of para-hydroxylation sites is 2. The molecule has 2 nitrogen and oxygen atoms in total. The first kappa shape index (κ1) is 30.5. The summed E-state index contributed by atoms with van der Waals surface area (Å²) in [7, 11) is 0. The van der Waals surface area contributed by atoms with Crippen LogP contribution < -0.4 is 4.90 Å². The van der Waals surface area contributed by atoms with Crippen molar-refractivity contribution in [3.63, 3.8) is 0 Å². The zero-order valence-electron chi connectivity index (χ0n) is 29.8. The second-order valence-electron chi connectivity index (χ2n) is 14.5. The highest BCUT2D eigenvalue weighted by Crippen LogP contribution is 2.47. The zero-order chi connectivity index (χ0) is 36.0. The smallest absolute Gasteiger partial charge is 0.0620 e. The van der Waals surface area contributed by atoms with Gasteiger partial charge in [-0.1, -0.05) is 133 Å². The highest BCUT2D eigenvalue weighted by molar-refractivity contribution is 7.25. The van der Waals surface area contributed by atoms with E-state index in [0.29, 0.717) is 0 Å². The molecule has 0 aliphatic carbocycles. The monoisotopic (exact) mass is 716 g/mol. The molecule has 0 aliphatic heterocycles. The average Bonchev–Trinajstić information content (AvgIpc) is 3.79. The first-order chi connectivity index (χ1) is 27.3. The summed E-state index contributed by atoms with van der Waals surface area (Å²) in [5.74, 6) is 0. The van der Waals surface area contributed by atoms with E-state index < -0.39 is 0 Å². The summed E-state index contributed by atoms with van der Waals surface area (Å²) in [6, 6.07) is 71.5. The average molecular weight is 717 g/mol. The normalized spacial score (nSPS) is 12.0. The SMILES string of the molecule is c1ccc(-c2ccc(N(c3ccc4c(c3)sc3ccccc34)c3ccccc3-c3cc4c5cccc6cccc(c65)n5c6ccccc6c(c3)c45)cc2)cc1. The van der Waals surface area contributed by atoms with Crippen LogP contribution in [0.2, 0.25) is 0 Å². The van der Waals surface area contributed by atoms with E-state index in [2.05, 4.69) is 203 Å². The fourth-order valence-electron chi connectivity index (χ4n) is 9.07. The highest BCUT2D eigenvalue weighted by Gasteiger charge is 2.22. The molecule has 0 radical (unpaired) electrons. The van der Waals surface area contributed by atoms with Gasteiger partial charge in [-0.15, -0.1) is 11.3 Å². The summed E-state index contributed by atoms with van der Waals surface area (Å²) in [5, 5.41) is 10.3. The first-order valence-electron chi connectivity index (χ1n) is 18.8. The summed E-state index contributed by atoms with van der Waals surface area (Å²) in [4.78, 5) is 2.45. The summed E-state index contributed by atoms with van der Waals surface area (Å²) in [6.45, 7) is 0. The van der Waals surface area contributed by atoms with Crippen molar-refractivity contribution >= 4 is 97.4 Å². The number of thiophene rings is 1. The van der Waals surface area contributed by atoms with Crippen molar-refractivity contribution in [2.45, 2.75) is 0 Å². The van der Waals surface area contributed by atoms with E-state index in [1.54, 1.807) is 0 Å². The molecule has 12 rings (SSSR count). The van der Waals surface area contributed by atoms with Crippen molar-refractivity contribution in [1.82, 2.24) is 4.40 Å². The van der Waals surface area contributed by atoms with Crippen LogP contribution in [0, 0.1) is 0 Å². The molecule has 3 aromatic heterocycles. The molecule has 55 heavy (non-hydrogen) atoms. The maximum absolute atomic E-state index is 2.49. The van der Waals surface area contributed by atoms with Gasteiger partial charge in [-0.2, -0.15) is 0 Å². The minimum atomic E-state index is 1.12. The number of benzene rings is 9. The first-order valence-corrected chi connectivity index (χ1v) is 19.7. The molecule has 0 fully saturated rings. The zero-order valence-corrected chi connectivity index (χ0v) is 30.6. The molecule has 0 saturated heterocycles. The third kappa shape index (κ3) is 4.54. The van der Waals surface area contributed by atoms with Gasteiger partial charge in [0.25, 0.3) is 0 Å². The number of pyridine rings is 1. The van der Waals surface area contributed by atoms with Gasteiger partial charge in [0.15, 0.2) is 0 Å². The molecule has 0 unspecified atom stereocenters.